The molecule has 0 saturated carbocycles. The molecule has 29 heavy (non-hydrogen) atoms. The van der Waals surface area contributed by atoms with Gasteiger partial charge in [0.2, 0.25) is 0 Å². The summed E-state index contributed by atoms with van der Waals surface area (Å²) in [4.78, 5) is 3.38. The molecule has 0 aliphatic rings. The maximum Gasteiger partial charge on any atom is 0.170 e. The molecule has 0 saturated heterocycles. The molecule has 0 aliphatic heterocycles. The Labute approximate surface area is 181 Å². The minimum atomic E-state index is 0.153. The maximum atomic E-state index is 6.32. The Kier molecular flexibility index (Phi) is 5.84. The number of hydrogen-bond acceptors (Lipinski definition) is 1. The molecule has 0 fully saturated rings. The van der Waals surface area contributed by atoms with Gasteiger partial charge in [0.05, 0.1) is 10.7 Å². The average Bonchev–Trinajstić information content (AvgIpc) is 3.15. The van der Waals surface area contributed by atoms with Gasteiger partial charge in [0.15, 0.2) is 5.11 Å². The van der Waals surface area contributed by atoms with Crippen LogP contribution < -0.4 is 10.6 Å². The van der Waals surface area contributed by atoms with E-state index >= 15 is 0 Å². The van der Waals surface area contributed by atoms with Crippen LogP contribution in [0.2, 0.25) is 5.02 Å². The second kappa shape index (κ2) is 8.68. The van der Waals surface area contributed by atoms with E-state index in [0.29, 0.717) is 16.7 Å². The number of aromatic nitrogens is 1. The quantitative estimate of drug-likeness (QED) is 0.335. The molecule has 4 aromatic rings. The summed E-state index contributed by atoms with van der Waals surface area (Å²) in [6.07, 6.45) is 2.09. The van der Waals surface area contributed by atoms with Gasteiger partial charge in [-0.25, -0.2) is 0 Å². The second-order valence-corrected chi connectivity index (χ2v) is 7.89. The molecule has 3 aromatic carbocycles. The molecule has 3 N–H and O–H groups in total. The smallest absolute Gasteiger partial charge is 0.170 e. The lowest BCUT2D eigenvalue weighted by Gasteiger charge is -2.20. The van der Waals surface area contributed by atoms with Crippen LogP contribution in [-0.4, -0.2) is 16.6 Å². The molecule has 0 radical (unpaired) electrons. The third kappa shape index (κ3) is 4.44. The van der Waals surface area contributed by atoms with E-state index in [0.717, 1.165) is 16.8 Å². The number of anilines is 1. The van der Waals surface area contributed by atoms with Crippen molar-refractivity contribution in [3.05, 3.63) is 101 Å². The highest BCUT2D eigenvalue weighted by molar-refractivity contribution is 7.80. The molecule has 1 atom stereocenters. The summed E-state index contributed by atoms with van der Waals surface area (Å²) < 4.78 is 0. The van der Waals surface area contributed by atoms with E-state index in [-0.39, 0.29) is 5.92 Å². The largest absolute Gasteiger partial charge is 0.361 e. The first-order valence-corrected chi connectivity index (χ1v) is 10.3. The van der Waals surface area contributed by atoms with E-state index < -0.39 is 0 Å². The molecule has 0 aliphatic carbocycles. The number of H-pyrrole nitrogens is 1. The fourth-order valence-corrected chi connectivity index (χ4v) is 4.03. The van der Waals surface area contributed by atoms with Gasteiger partial charge in [-0.1, -0.05) is 66.2 Å². The molecule has 3 nitrogen and oxygen atoms in total. The molecular formula is C24H22ClN3S. The number of thiocarbonyl (C=S) groups is 1. The molecule has 0 bridgehead atoms. The number of halogens is 1. The molecule has 0 amide bonds. The van der Waals surface area contributed by atoms with Gasteiger partial charge < -0.3 is 15.6 Å². The van der Waals surface area contributed by atoms with Crippen LogP contribution in [0.1, 0.15) is 22.6 Å². The number of aromatic amines is 1. The van der Waals surface area contributed by atoms with E-state index in [2.05, 4.69) is 64.3 Å². The van der Waals surface area contributed by atoms with Crippen molar-refractivity contribution in [3.8, 4) is 0 Å². The monoisotopic (exact) mass is 419 g/mol. The predicted molar refractivity (Wildman–Crippen MR) is 127 cm³/mol. The first-order valence-electron chi connectivity index (χ1n) is 9.54. The van der Waals surface area contributed by atoms with Crippen LogP contribution in [0.3, 0.4) is 0 Å². The van der Waals surface area contributed by atoms with Gasteiger partial charge in [-0.3, -0.25) is 0 Å². The summed E-state index contributed by atoms with van der Waals surface area (Å²) in [5.41, 5.74) is 5.54. The highest BCUT2D eigenvalue weighted by Gasteiger charge is 2.18. The molecule has 1 aromatic heterocycles. The summed E-state index contributed by atoms with van der Waals surface area (Å²) in [5.74, 6) is 0.153. The molecule has 5 heteroatoms. The van der Waals surface area contributed by atoms with Crippen molar-refractivity contribution in [2.45, 2.75) is 12.8 Å². The second-order valence-electron chi connectivity index (χ2n) is 7.07. The first-order chi connectivity index (χ1) is 14.1. The Hall–Kier alpha value is -2.82. The van der Waals surface area contributed by atoms with Gasteiger partial charge in [0, 0.05) is 29.6 Å². The minimum absolute atomic E-state index is 0.153. The summed E-state index contributed by atoms with van der Waals surface area (Å²) >= 11 is 11.9. The molecular weight excluding hydrogens is 398 g/mol. The highest BCUT2D eigenvalue weighted by atomic mass is 35.5. The Morgan fingerprint density at radius 1 is 1.03 bits per heavy atom. The molecule has 146 valence electrons. The summed E-state index contributed by atoms with van der Waals surface area (Å²) in [7, 11) is 0. The van der Waals surface area contributed by atoms with Gasteiger partial charge in [-0.2, -0.15) is 0 Å². The van der Waals surface area contributed by atoms with Gasteiger partial charge in [-0.05, 0) is 54.0 Å². The van der Waals surface area contributed by atoms with E-state index in [9.17, 15) is 0 Å². The summed E-state index contributed by atoms with van der Waals surface area (Å²) in [6.45, 7) is 2.68. The number of benzene rings is 3. The number of rotatable bonds is 5. The third-order valence-corrected chi connectivity index (χ3v) is 5.60. The average molecular weight is 420 g/mol. The van der Waals surface area contributed by atoms with E-state index in [1.165, 1.54) is 16.5 Å². The van der Waals surface area contributed by atoms with Crippen molar-refractivity contribution < 1.29 is 0 Å². The first kappa shape index (κ1) is 19.5. The molecule has 1 unspecified atom stereocenters. The van der Waals surface area contributed by atoms with Crippen LogP contribution in [0, 0.1) is 6.92 Å². The van der Waals surface area contributed by atoms with Crippen LogP contribution >= 0.6 is 23.8 Å². The van der Waals surface area contributed by atoms with Gasteiger partial charge in [0.1, 0.15) is 0 Å². The fourth-order valence-electron chi connectivity index (χ4n) is 3.56. The number of hydrogen-bond donors (Lipinski definition) is 3. The lowest BCUT2D eigenvalue weighted by molar-refractivity contribution is 0.766. The molecule has 4 rings (SSSR count). The van der Waals surface area contributed by atoms with Crippen LogP contribution in [0.5, 0.6) is 0 Å². The molecule has 0 spiro atoms. The van der Waals surface area contributed by atoms with Crippen LogP contribution in [0.15, 0.2) is 79.0 Å². The number of para-hydroxylation sites is 1. The van der Waals surface area contributed by atoms with Crippen LogP contribution in [0.25, 0.3) is 10.9 Å². The van der Waals surface area contributed by atoms with Gasteiger partial charge >= 0.3 is 0 Å². The standard InChI is InChI=1S/C24H22ClN3S/c1-16-11-12-23(21(25)13-16)28-24(29)27-14-19(17-7-3-2-4-8-17)20-15-26-22-10-6-5-9-18(20)22/h2-13,15,19,26H,14H2,1H3,(H2,27,28,29). The number of fused-ring (bicyclic) bond motifs is 1. The Bertz CT molecular complexity index is 1140. The topological polar surface area (TPSA) is 39.8 Å². The highest BCUT2D eigenvalue weighted by Crippen LogP contribution is 2.30. The third-order valence-electron chi connectivity index (χ3n) is 5.04. The molecule has 1 heterocycles. The van der Waals surface area contributed by atoms with Crippen LogP contribution in [0.4, 0.5) is 5.69 Å². The maximum absolute atomic E-state index is 6.32. The lowest BCUT2D eigenvalue weighted by Crippen LogP contribution is -2.32. The van der Waals surface area contributed by atoms with E-state index in [1.54, 1.807) is 0 Å². The minimum Gasteiger partial charge on any atom is -0.361 e. The zero-order chi connectivity index (χ0) is 20.2. The summed E-state index contributed by atoms with van der Waals surface area (Å²) in [6, 6.07) is 24.7. The van der Waals surface area contributed by atoms with Crippen molar-refractivity contribution in [1.29, 1.82) is 0 Å². The number of aryl methyl sites for hydroxylation is 1. The Morgan fingerprint density at radius 3 is 2.59 bits per heavy atom. The van der Waals surface area contributed by atoms with E-state index in [1.807, 2.05) is 37.3 Å². The Morgan fingerprint density at radius 2 is 1.79 bits per heavy atom. The summed E-state index contributed by atoms with van der Waals surface area (Å²) in [5, 5.41) is 9.02. The van der Waals surface area contributed by atoms with Crippen LogP contribution in [-0.2, 0) is 0 Å². The SMILES string of the molecule is Cc1ccc(NC(=S)NCC(c2ccccc2)c2c[nH]c3ccccc23)c(Cl)c1. The van der Waals surface area contributed by atoms with Crippen molar-refractivity contribution in [2.24, 2.45) is 0 Å². The number of nitrogens with one attached hydrogen (secondary N) is 3. The van der Waals surface area contributed by atoms with Crippen molar-refractivity contribution in [2.75, 3.05) is 11.9 Å². The zero-order valence-corrected chi connectivity index (χ0v) is 17.6. The van der Waals surface area contributed by atoms with Gasteiger partial charge in [0.25, 0.3) is 0 Å². The van der Waals surface area contributed by atoms with Crippen molar-refractivity contribution in [1.82, 2.24) is 10.3 Å². The normalized spacial score (nSPS) is 11.9. The fraction of sp³-hybridized carbons (Fsp3) is 0.125. The van der Waals surface area contributed by atoms with Crippen molar-refractivity contribution in [3.63, 3.8) is 0 Å². The lowest BCUT2D eigenvalue weighted by atomic mass is 9.91. The predicted octanol–water partition coefficient (Wildman–Crippen LogP) is 6.25. The Balaban J connectivity index is 1.55. The van der Waals surface area contributed by atoms with Gasteiger partial charge in [-0.15, -0.1) is 0 Å². The van der Waals surface area contributed by atoms with E-state index in [4.69, 9.17) is 23.8 Å². The zero-order valence-electron chi connectivity index (χ0n) is 16.1. The van der Waals surface area contributed by atoms with Crippen molar-refractivity contribution >= 4 is 45.5 Å².